The number of carboxylic acid groups (broad SMARTS) is 8. The number of carbonyl (C=O) groups is 21. The predicted molar refractivity (Wildman–Crippen MR) is 338 cm³/mol. The van der Waals surface area contributed by atoms with Crippen molar-refractivity contribution >= 4 is 125 Å². The zero-order chi connectivity index (χ0) is 81.2. The summed E-state index contributed by atoms with van der Waals surface area (Å²) in [5.41, 5.74) is 5.62. The molecular formula is C56H86N14O36. The molecule has 0 fully saturated rings. The molecule has 50 nitrogen and oxygen atoms in total. The van der Waals surface area contributed by atoms with Gasteiger partial charge in [0.15, 0.2) is 0 Å². The molecule has 106 heavy (non-hydrogen) atoms. The standard InChI is InChI=1S/C56H86N14O36/c57-22(1-8-36(78)79)43(92)64-29(15-71)50(99)58-23(2-9-37(80)81)44(93)65-30(16-72)51(100)59-24(3-10-38(82)83)45(94)66-31(17-73)52(101)60-25(4-11-39(84)85)46(95)67-32(18-74)53(102)61-26(5-12-40(86)87)47(96)68-33(19-75)54(103)62-27(6-13-41(88)89)48(97)69-34(20-76)55(104)63-28(7-14-42(90)91)49(98)70-35(21-77)56(105)106/h22-35,71-77H,1-21,57H2,(H,58,99)(H,59,100)(H,60,101)(H,61,102)(H,62,103)(H,63,104)(H,64,92)(H,65,93)(H,66,94)(H,67,95)(H,68,96)(H,69,97)(H,70,98)(H,78,79)(H,80,81)(H,82,83)(H,84,85)(H,86,87)(H,88,89)(H,90,91)(H,105,106)/t22-,23-,24-,25-,26-,27-,28-,29-,30-,31-,32-,33-,34-,35-/m0/s1. The zero-order valence-electron chi connectivity index (χ0n) is 55.8. The number of nitrogens with two attached hydrogens (primary N) is 1. The van der Waals surface area contributed by atoms with E-state index in [4.69, 9.17) is 15.9 Å². The van der Waals surface area contributed by atoms with Crippen LogP contribution >= 0.6 is 0 Å². The molecule has 0 aliphatic rings. The van der Waals surface area contributed by atoms with Crippen LogP contribution in [0.4, 0.5) is 0 Å². The zero-order valence-corrected chi connectivity index (χ0v) is 55.8. The minimum absolute atomic E-state index is 0.433. The predicted octanol–water partition coefficient (Wildman–Crippen LogP) is -15.3. The van der Waals surface area contributed by atoms with Crippen LogP contribution < -0.4 is 74.9 Å². The number of carbonyl (C=O) groups excluding carboxylic acids is 13. The van der Waals surface area contributed by atoms with Crippen LogP contribution in [-0.4, -0.2) is 332 Å². The topological polar surface area (TPSA) is 844 Å². The first-order valence-electron chi connectivity index (χ1n) is 31.4. The minimum atomic E-state index is -2.27. The Balaban J connectivity index is 6.74. The second-order valence-corrected chi connectivity index (χ2v) is 22.5. The molecule has 0 aromatic rings. The normalized spacial score (nSPS) is 14.8. The molecular weight excluding hydrogens is 1440 g/mol. The lowest BCUT2D eigenvalue weighted by Gasteiger charge is -2.27. The van der Waals surface area contributed by atoms with Crippen molar-refractivity contribution in [1.82, 2.24) is 69.1 Å². The summed E-state index contributed by atoms with van der Waals surface area (Å²) < 4.78 is 0. The molecule has 0 heterocycles. The highest BCUT2D eigenvalue weighted by Crippen LogP contribution is 2.10. The highest BCUT2D eigenvalue weighted by Gasteiger charge is 2.38. The van der Waals surface area contributed by atoms with Gasteiger partial charge in [-0.1, -0.05) is 0 Å². The largest absolute Gasteiger partial charge is 0.481 e. The number of hydrogen-bond acceptors (Lipinski definition) is 29. The van der Waals surface area contributed by atoms with Gasteiger partial charge in [-0.05, 0) is 44.9 Å². The SMILES string of the molecule is N[C@@H](CCC(=O)O)C(=O)N[C@@H](CO)C(=O)N[C@@H](CCC(=O)O)C(=O)N[C@@H](CO)C(=O)N[C@@H](CCC(=O)O)C(=O)N[C@@H](CO)C(=O)N[C@@H](CCC(=O)O)C(=O)N[C@@H](CO)C(=O)N[C@@H](CCC(=O)O)C(=O)N[C@@H](CO)C(=O)N[C@@H](CCC(=O)O)C(=O)N[C@@H](CO)C(=O)N[C@@H](CCC(=O)O)C(=O)N[C@@H](CO)C(=O)O. The fourth-order valence-electron chi connectivity index (χ4n) is 8.53. The highest BCUT2D eigenvalue weighted by atomic mass is 16.4. The van der Waals surface area contributed by atoms with Crippen LogP contribution in [-0.2, 0) is 101 Å². The Morgan fingerprint density at radius 2 is 0.311 bits per heavy atom. The smallest absolute Gasteiger partial charge is 0.328 e. The summed E-state index contributed by atoms with van der Waals surface area (Å²) in [6, 6.07) is -28.8. The van der Waals surface area contributed by atoms with Crippen LogP contribution in [0.15, 0.2) is 0 Å². The summed E-state index contributed by atoms with van der Waals surface area (Å²) in [6.07, 6.45) is -11.8. The van der Waals surface area contributed by atoms with Crippen LogP contribution in [0.5, 0.6) is 0 Å². The molecule has 596 valence electrons. The van der Waals surface area contributed by atoms with Gasteiger partial charge in [0.25, 0.3) is 0 Å². The molecule has 0 rings (SSSR count). The molecule has 0 bridgehead atoms. The van der Waals surface area contributed by atoms with Gasteiger partial charge in [0.05, 0.1) is 52.3 Å². The Bertz CT molecular complexity index is 3160. The summed E-state index contributed by atoms with van der Waals surface area (Å²) in [6.45, 7) is -9.39. The van der Waals surface area contributed by atoms with Crippen LogP contribution in [0.3, 0.4) is 0 Å². The first kappa shape index (κ1) is 94.5. The number of rotatable bonds is 55. The van der Waals surface area contributed by atoms with Crippen LogP contribution in [0.2, 0.25) is 0 Å². The number of aliphatic hydroxyl groups excluding tert-OH is 7. The summed E-state index contributed by atoms with van der Waals surface area (Å²) in [7, 11) is 0. The van der Waals surface area contributed by atoms with E-state index in [0.29, 0.717) is 0 Å². The number of hydrogen-bond donors (Lipinski definition) is 29. The summed E-state index contributed by atoms with van der Waals surface area (Å²) in [4.78, 5) is 266. The van der Waals surface area contributed by atoms with Crippen molar-refractivity contribution in [3.63, 3.8) is 0 Å². The fourth-order valence-corrected chi connectivity index (χ4v) is 8.53. The third-order valence-electron chi connectivity index (χ3n) is 14.4. The first-order valence-corrected chi connectivity index (χ1v) is 31.4. The van der Waals surface area contributed by atoms with E-state index in [2.05, 4.69) is 0 Å². The van der Waals surface area contributed by atoms with Crippen LogP contribution in [0.1, 0.15) is 89.9 Å². The van der Waals surface area contributed by atoms with Crippen LogP contribution in [0.25, 0.3) is 0 Å². The van der Waals surface area contributed by atoms with E-state index in [1.54, 1.807) is 0 Å². The van der Waals surface area contributed by atoms with Gasteiger partial charge in [0.2, 0.25) is 76.8 Å². The maximum Gasteiger partial charge on any atom is 0.328 e. The Morgan fingerprint density at radius 1 is 0.189 bits per heavy atom. The van der Waals surface area contributed by atoms with Crippen molar-refractivity contribution < 1.29 is 177 Å². The van der Waals surface area contributed by atoms with Crippen molar-refractivity contribution in [2.75, 3.05) is 46.2 Å². The molecule has 0 aliphatic heterocycles. The number of aliphatic carboxylic acids is 8. The lowest BCUT2D eigenvalue weighted by atomic mass is 10.1. The molecule has 0 aromatic carbocycles. The van der Waals surface area contributed by atoms with Crippen molar-refractivity contribution in [2.24, 2.45) is 5.73 Å². The molecule has 0 saturated carbocycles. The molecule has 0 unspecified atom stereocenters. The minimum Gasteiger partial charge on any atom is -0.481 e. The Morgan fingerprint density at radius 3 is 0.453 bits per heavy atom. The van der Waals surface area contributed by atoms with Gasteiger partial charge >= 0.3 is 47.8 Å². The van der Waals surface area contributed by atoms with Gasteiger partial charge in [-0.15, -0.1) is 0 Å². The Kier molecular flexibility index (Phi) is 43.9. The number of carboxylic acids is 8. The second kappa shape index (κ2) is 49.3. The Hall–Kier alpha value is -11.4. The monoisotopic (exact) mass is 1530 g/mol. The van der Waals surface area contributed by atoms with E-state index in [-0.39, 0.29) is 0 Å². The maximum absolute atomic E-state index is 13.8. The Labute approximate surface area is 596 Å². The van der Waals surface area contributed by atoms with Crippen LogP contribution in [0, 0.1) is 0 Å². The molecule has 0 aliphatic carbocycles. The average molecular weight is 1530 g/mol. The summed E-state index contributed by atoms with van der Waals surface area (Å²) >= 11 is 0. The van der Waals surface area contributed by atoms with Crippen molar-refractivity contribution in [2.45, 2.75) is 174 Å². The number of aliphatic hydroxyl groups is 7. The molecule has 0 aromatic heterocycles. The van der Waals surface area contributed by atoms with E-state index in [1.807, 2.05) is 69.1 Å². The quantitative estimate of drug-likeness (QED) is 0.0269. The molecule has 0 spiro atoms. The van der Waals surface area contributed by atoms with Gasteiger partial charge in [-0.3, -0.25) is 95.9 Å². The molecule has 50 heteroatoms. The van der Waals surface area contributed by atoms with E-state index >= 15 is 0 Å². The van der Waals surface area contributed by atoms with E-state index in [0.717, 1.165) is 0 Å². The van der Waals surface area contributed by atoms with E-state index < -0.39 is 345 Å². The average Bonchev–Trinajstić information content (AvgIpc) is 0.866. The van der Waals surface area contributed by atoms with Gasteiger partial charge in [0, 0.05) is 44.9 Å². The van der Waals surface area contributed by atoms with Gasteiger partial charge in [0.1, 0.15) is 78.5 Å². The molecule has 30 N–H and O–H groups in total. The molecule has 14 atom stereocenters. The third-order valence-corrected chi connectivity index (χ3v) is 14.4. The molecule has 0 saturated heterocycles. The highest BCUT2D eigenvalue weighted by molar-refractivity contribution is 6.01. The van der Waals surface area contributed by atoms with Gasteiger partial charge in [-0.2, -0.15) is 0 Å². The second-order valence-electron chi connectivity index (χ2n) is 22.5. The first-order chi connectivity index (χ1) is 49.6. The van der Waals surface area contributed by atoms with E-state index in [9.17, 15) is 167 Å². The number of amides is 13. The third kappa shape index (κ3) is 36.6. The molecule has 13 amide bonds. The van der Waals surface area contributed by atoms with Gasteiger partial charge in [-0.25, -0.2) is 4.79 Å². The maximum atomic E-state index is 13.8. The molecule has 0 radical (unpaired) electrons. The fraction of sp³-hybridized carbons (Fsp3) is 0.625. The summed E-state index contributed by atoms with van der Waals surface area (Å²) in [5, 5.41) is 169. The lowest BCUT2D eigenvalue weighted by molar-refractivity contribution is -0.144. The summed E-state index contributed by atoms with van der Waals surface area (Å²) in [5.74, 6) is -31.9. The van der Waals surface area contributed by atoms with Crippen molar-refractivity contribution in [3.05, 3.63) is 0 Å². The number of nitrogens with one attached hydrogen (secondary N) is 13. The van der Waals surface area contributed by atoms with Gasteiger partial charge < -0.3 is 151 Å². The van der Waals surface area contributed by atoms with Crippen molar-refractivity contribution in [1.29, 1.82) is 0 Å². The van der Waals surface area contributed by atoms with Crippen molar-refractivity contribution in [3.8, 4) is 0 Å². The lowest BCUT2D eigenvalue weighted by Crippen LogP contribution is -2.62. The van der Waals surface area contributed by atoms with E-state index in [1.165, 1.54) is 0 Å².